The predicted molar refractivity (Wildman–Crippen MR) is 131 cm³/mol. The molecule has 190 valence electrons. The maximum atomic E-state index is 13.9. The number of aromatic amines is 1. The second-order valence-corrected chi connectivity index (χ2v) is 8.24. The van der Waals surface area contributed by atoms with Gasteiger partial charge in [0.05, 0.1) is 24.5 Å². The number of fused-ring (bicyclic) bond motifs is 1. The molecule has 1 saturated heterocycles. The number of nitrogens with zero attached hydrogens (tertiary/aromatic N) is 4. The summed E-state index contributed by atoms with van der Waals surface area (Å²) >= 11 is 0. The quantitative estimate of drug-likeness (QED) is 0.389. The first-order valence-corrected chi connectivity index (χ1v) is 11.4. The molecule has 37 heavy (non-hydrogen) atoms. The van der Waals surface area contributed by atoms with E-state index in [4.69, 9.17) is 9.47 Å². The summed E-state index contributed by atoms with van der Waals surface area (Å²) < 4.78 is 38.0. The van der Waals surface area contributed by atoms with Crippen LogP contribution in [0.1, 0.15) is 10.5 Å². The number of carbonyl (C=O) groups excluding carboxylic acids is 2. The van der Waals surface area contributed by atoms with Gasteiger partial charge in [-0.25, -0.2) is 28.3 Å². The highest BCUT2D eigenvalue weighted by Gasteiger charge is 2.23. The summed E-state index contributed by atoms with van der Waals surface area (Å²) in [5.74, 6) is -1.39. The highest BCUT2D eigenvalue weighted by molar-refractivity contribution is 6.01. The Kier molecular flexibility index (Phi) is 6.54. The third kappa shape index (κ3) is 4.99. The fraction of sp³-hybridized carbons (Fsp3) is 0.200. The van der Waals surface area contributed by atoms with E-state index in [1.807, 2.05) is 12.1 Å². The van der Waals surface area contributed by atoms with Crippen molar-refractivity contribution < 1.29 is 27.8 Å². The summed E-state index contributed by atoms with van der Waals surface area (Å²) in [6.45, 7) is 2.09. The first kappa shape index (κ1) is 24.0. The van der Waals surface area contributed by atoms with Gasteiger partial charge in [0.1, 0.15) is 23.7 Å². The number of hydrogen-bond donors (Lipinski definition) is 2. The predicted octanol–water partition coefficient (Wildman–Crippen LogP) is 4.17. The number of ether oxygens (including phenoxy) is 2. The summed E-state index contributed by atoms with van der Waals surface area (Å²) in [5.41, 5.74) is 1.41. The van der Waals surface area contributed by atoms with Crippen LogP contribution in [-0.4, -0.2) is 65.1 Å². The minimum Gasteiger partial charge on any atom is -0.464 e. The van der Waals surface area contributed by atoms with Crippen molar-refractivity contribution in [1.29, 1.82) is 0 Å². The molecule has 0 spiro atoms. The normalized spacial score (nSPS) is 13.5. The Labute approximate surface area is 209 Å². The lowest BCUT2D eigenvalue weighted by molar-refractivity contribution is 0.0590. The monoisotopic (exact) mass is 508 g/mol. The van der Waals surface area contributed by atoms with Crippen molar-refractivity contribution in [2.45, 2.75) is 0 Å². The summed E-state index contributed by atoms with van der Waals surface area (Å²) in [6, 6.07) is 8.90. The van der Waals surface area contributed by atoms with Gasteiger partial charge in [-0.05, 0) is 30.3 Å². The van der Waals surface area contributed by atoms with Crippen LogP contribution < -0.4 is 15.0 Å². The fourth-order valence-electron chi connectivity index (χ4n) is 4.11. The highest BCUT2D eigenvalue weighted by Crippen LogP contribution is 2.28. The molecule has 0 bridgehead atoms. The fourth-order valence-corrected chi connectivity index (χ4v) is 4.11. The second kappa shape index (κ2) is 10.1. The Balaban J connectivity index is 1.19. The molecule has 3 heterocycles. The number of amides is 2. The Hall–Kier alpha value is -4.74. The first-order chi connectivity index (χ1) is 17.9. The highest BCUT2D eigenvalue weighted by atomic mass is 19.1. The van der Waals surface area contributed by atoms with Crippen molar-refractivity contribution >= 4 is 34.3 Å². The summed E-state index contributed by atoms with van der Waals surface area (Å²) in [6.07, 6.45) is 4.07. The van der Waals surface area contributed by atoms with Gasteiger partial charge in [0.2, 0.25) is 0 Å². The Bertz CT molecular complexity index is 1450. The zero-order valence-corrected chi connectivity index (χ0v) is 19.7. The summed E-state index contributed by atoms with van der Waals surface area (Å²) in [4.78, 5) is 38.9. The maximum Gasteiger partial charge on any atom is 0.360 e. The number of benzene rings is 2. The molecular weight excluding hydrogens is 486 g/mol. The number of hydrogen-bond acceptors (Lipinski definition) is 7. The van der Waals surface area contributed by atoms with Crippen LogP contribution in [0.15, 0.2) is 55.1 Å². The van der Waals surface area contributed by atoms with Gasteiger partial charge < -0.3 is 29.6 Å². The molecule has 2 N–H and O–H groups in total. The molecule has 4 aromatic rings. The number of esters is 1. The molecule has 5 rings (SSSR count). The van der Waals surface area contributed by atoms with E-state index in [1.165, 1.54) is 31.9 Å². The number of nitrogens with one attached hydrogen (secondary N) is 2. The molecule has 1 aliphatic heterocycles. The van der Waals surface area contributed by atoms with E-state index in [2.05, 4.69) is 25.2 Å². The number of methoxy groups -OCH3 is 1. The van der Waals surface area contributed by atoms with Crippen molar-refractivity contribution in [3.05, 3.63) is 72.4 Å². The molecule has 2 amide bonds. The minimum absolute atomic E-state index is 0.0267. The van der Waals surface area contributed by atoms with Crippen LogP contribution in [0.3, 0.4) is 0 Å². The van der Waals surface area contributed by atoms with Crippen LogP contribution in [0.4, 0.5) is 25.0 Å². The SMILES string of the molecule is COC(=O)c1ncncc1Oc1ccc(N2CCN(C(=O)Nc3c[nH]c4c(F)cc(F)cc34)CC2)cc1. The van der Waals surface area contributed by atoms with Crippen molar-refractivity contribution in [2.24, 2.45) is 0 Å². The van der Waals surface area contributed by atoms with E-state index < -0.39 is 17.6 Å². The maximum absolute atomic E-state index is 13.9. The molecule has 0 unspecified atom stereocenters. The lowest BCUT2D eigenvalue weighted by atomic mass is 10.2. The van der Waals surface area contributed by atoms with Crippen LogP contribution >= 0.6 is 0 Å². The average molecular weight is 508 g/mol. The number of anilines is 2. The molecule has 12 heteroatoms. The van der Waals surface area contributed by atoms with Crippen molar-refractivity contribution in [3.63, 3.8) is 0 Å². The zero-order chi connectivity index (χ0) is 25.9. The topological polar surface area (TPSA) is 113 Å². The lowest BCUT2D eigenvalue weighted by Gasteiger charge is -2.36. The number of aromatic nitrogens is 3. The van der Waals surface area contributed by atoms with Gasteiger partial charge in [0.15, 0.2) is 11.4 Å². The molecule has 10 nitrogen and oxygen atoms in total. The Morgan fingerprint density at radius 2 is 1.84 bits per heavy atom. The van der Waals surface area contributed by atoms with Gasteiger partial charge in [-0.2, -0.15) is 0 Å². The van der Waals surface area contributed by atoms with Crippen molar-refractivity contribution in [2.75, 3.05) is 43.5 Å². The molecule has 0 atom stereocenters. The van der Waals surface area contributed by atoms with Crippen molar-refractivity contribution in [3.8, 4) is 11.5 Å². The van der Waals surface area contributed by atoms with Crippen LogP contribution in [0.2, 0.25) is 0 Å². The number of halogens is 2. The van der Waals surface area contributed by atoms with Gasteiger partial charge in [-0.3, -0.25) is 0 Å². The first-order valence-electron chi connectivity index (χ1n) is 11.4. The second-order valence-electron chi connectivity index (χ2n) is 8.24. The number of H-pyrrole nitrogens is 1. The number of urea groups is 1. The van der Waals surface area contributed by atoms with Crippen LogP contribution in [-0.2, 0) is 4.74 Å². The van der Waals surface area contributed by atoms with Crippen molar-refractivity contribution in [1.82, 2.24) is 19.9 Å². The van der Waals surface area contributed by atoms with Gasteiger partial charge in [-0.15, -0.1) is 0 Å². The molecule has 0 aliphatic carbocycles. The Morgan fingerprint density at radius 1 is 1.08 bits per heavy atom. The molecule has 1 fully saturated rings. The van der Waals surface area contributed by atoms with E-state index >= 15 is 0 Å². The number of carbonyl (C=O) groups is 2. The van der Waals surface area contributed by atoms with Crippen LogP contribution in [0.5, 0.6) is 11.5 Å². The molecule has 1 aliphatic rings. The van der Waals surface area contributed by atoms with E-state index in [-0.39, 0.29) is 28.4 Å². The van der Waals surface area contributed by atoms with Gasteiger partial charge >= 0.3 is 12.0 Å². The van der Waals surface area contributed by atoms with Crippen LogP contribution in [0, 0.1) is 11.6 Å². The van der Waals surface area contributed by atoms with Gasteiger partial charge in [0, 0.05) is 49.5 Å². The third-order valence-electron chi connectivity index (χ3n) is 6.00. The summed E-state index contributed by atoms with van der Waals surface area (Å²) in [7, 11) is 1.26. The Morgan fingerprint density at radius 3 is 2.57 bits per heavy atom. The lowest BCUT2D eigenvalue weighted by Crippen LogP contribution is -2.50. The van der Waals surface area contributed by atoms with Gasteiger partial charge in [0.25, 0.3) is 0 Å². The molecular formula is C25H22F2N6O4. The molecule has 0 radical (unpaired) electrons. The molecule has 2 aromatic heterocycles. The standard InChI is InChI=1S/C25H22F2N6O4/c1-36-24(34)23-21(13-28-14-30-23)37-17-4-2-16(3-5-17)32-6-8-33(9-7-32)25(35)31-20-12-29-22-18(20)10-15(26)11-19(22)27/h2-5,10-14,29H,6-9H2,1H3,(H,31,35). The number of rotatable bonds is 5. The molecule has 2 aromatic carbocycles. The van der Waals surface area contributed by atoms with E-state index in [0.717, 1.165) is 11.8 Å². The van der Waals surface area contributed by atoms with E-state index in [0.29, 0.717) is 37.6 Å². The van der Waals surface area contributed by atoms with E-state index in [1.54, 1.807) is 17.0 Å². The molecule has 0 saturated carbocycles. The average Bonchev–Trinajstić information content (AvgIpc) is 3.31. The van der Waals surface area contributed by atoms with E-state index in [9.17, 15) is 18.4 Å². The smallest absolute Gasteiger partial charge is 0.360 e. The van der Waals surface area contributed by atoms with Gasteiger partial charge in [-0.1, -0.05) is 0 Å². The number of piperazine rings is 1. The summed E-state index contributed by atoms with van der Waals surface area (Å²) in [5, 5.41) is 3.01. The zero-order valence-electron chi connectivity index (χ0n) is 19.7. The minimum atomic E-state index is -0.721. The third-order valence-corrected chi connectivity index (χ3v) is 6.00. The largest absolute Gasteiger partial charge is 0.464 e. The van der Waals surface area contributed by atoms with Crippen LogP contribution in [0.25, 0.3) is 10.9 Å².